The Morgan fingerprint density at radius 3 is 2.65 bits per heavy atom. The zero-order chi connectivity index (χ0) is 26.2. The van der Waals surface area contributed by atoms with Crippen molar-refractivity contribution in [1.82, 2.24) is 0 Å². The van der Waals surface area contributed by atoms with Gasteiger partial charge in [-0.3, -0.25) is 9.59 Å². The van der Waals surface area contributed by atoms with Crippen molar-refractivity contribution in [2.45, 2.75) is 32.8 Å². The number of methoxy groups -OCH3 is 1. The third kappa shape index (κ3) is 6.50. The van der Waals surface area contributed by atoms with E-state index in [9.17, 15) is 9.59 Å². The van der Waals surface area contributed by atoms with Gasteiger partial charge in [-0.05, 0) is 74.2 Å². The second-order valence-corrected chi connectivity index (χ2v) is 8.69. The van der Waals surface area contributed by atoms with E-state index in [0.29, 0.717) is 41.8 Å². The van der Waals surface area contributed by atoms with Crippen LogP contribution in [0.1, 0.15) is 31.4 Å². The van der Waals surface area contributed by atoms with Crippen molar-refractivity contribution in [1.29, 1.82) is 0 Å². The molecule has 0 fully saturated rings. The number of benzene rings is 3. The van der Waals surface area contributed by atoms with E-state index in [4.69, 9.17) is 14.2 Å². The number of aryl methyl sites for hydroxylation is 1. The molecule has 1 heterocycles. The summed E-state index contributed by atoms with van der Waals surface area (Å²) in [6.07, 6.45) is 4.28. The van der Waals surface area contributed by atoms with Gasteiger partial charge in [0.25, 0.3) is 5.91 Å². The molecule has 0 bridgehead atoms. The second kappa shape index (κ2) is 12.1. The van der Waals surface area contributed by atoms with E-state index in [1.54, 1.807) is 43.2 Å². The molecule has 1 atom stereocenters. The zero-order valence-corrected chi connectivity index (χ0v) is 21.4. The van der Waals surface area contributed by atoms with Crippen LogP contribution in [0.3, 0.4) is 0 Å². The molecule has 4 rings (SSSR count). The van der Waals surface area contributed by atoms with Gasteiger partial charge in [0.2, 0.25) is 5.91 Å². The molecule has 0 saturated heterocycles. The van der Waals surface area contributed by atoms with Crippen molar-refractivity contribution in [2.24, 2.45) is 0 Å². The highest BCUT2D eigenvalue weighted by Crippen LogP contribution is 2.36. The van der Waals surface area contributed by atoms with Crippen LogP contribution in [-0.4, -0.2) is 38.2 Å². The van der Waals surface area contributed by atoms with Gasteiger partial charge in [0, 0.05) is 18.3 Å². The van der Waals surface area contributed by atoms with Gasteiger partial charge in [-0.15, -0.1) is 0 Å². The van der Waals surface area contributed by atoms with E-state index in [1.165, 1.54) is 11.6 Å². The fourth-order valence-corrected chi connectivity index (χ4v) is 4.22. The molecular weight excluding hydrogens is 468 g/mol. The number of carbonyl (C=O) groups is 2. The molecule has 7 heteroatoms. The molecule has 3 aromatic carbocycles. The van der Waals surface area contributed by atoms with E-state index in [0.717, 1.165) is 18.4 Å². The minimum absolute atomic E-state index is 0.0895. The minimum Gasteiger partial charge on any atom is -0.493 e. The Bertz CT molecular complexity index is 1270. The lowest BCUT2D eigenvalue weighted by molar-refractivity contribution is -0.125. The number of amides is 2. The summed E-state index contributed by atoms with van der Waals surface area (Å²) in [6.45, 7) is 4.76. The zero-order valence-electron chi connectivity index (χ0n) is 21.4. The average Bonchev–Trinajstić information content (AvgIpc) is 2.91. The molecule has 1 unspecified atom stereocenters. The molecule has 3 aromatic rings. The lowest BCUT2D eigenvalue weighted by atomic mass is 10.1. The van der Waals surface area contributed by atoms with Crippen LogP contribution in [-0.2, 0) is 16.0 Å². The molecule has 1 aliphatic rings. The van der Waals surface area contributed by atoms with Crippen molar-refractivity contribution < 1.29 is 23.8 Å². The van der Waals surface area contributed by atoms with Gasteiger partial charge >= 0.3 is 0 Å². The molecule has 0 aliphatic carbocycles. The largest absolute Gasteiger partial charge is 0.493 e. The Balaban J connectivity index is 1.44. The molecule has 0 radical (unpaired) electrons. The Kier molecular flexibility index (Phi) is 8.46. The first kappa shape index (κ1) is 25.8. The summed E-state index contributed by atoms with van der Waals surface area (Å²) in [5.41, 5.74) is 3.28. The summed E-state index contributed by atoms with van der Waals surface area (Å²) in [5.74, 6) is 1.50. The van der Waals surface area contributed by atoms with Crippen molar-refractivity contribution in [3.8, 4) is 17.2 Å². The number of hydrogen-bond donors (Lipinski definition) is 1. The Morgan fingerprint density at radius 1 is 1.08 bits per heavy atom. The fourth-order valence-electron chi connectivity index (χ4n) is 4.22. The summed E-state index contributed by atoms with van der Waals surface area (Å²) in [4.78, 5) is 27.3. The number of rotatable bonds is 10. The second-order valence-electron chi connectivity index (χ2n) is 8.69. The number of ether oxygens (including phenoxy) is 3. The maximum absolute atomic E-state index is 12.9. The molecule has 0 aromatic heterocycles. The highest BCUT2D eigenvalue weighted by atomic mass is 16.5. The van der Waals surface area contributed by atoms with Crippen LogP contribution in [0, 0.1) is 0 Å². The minimum atomic E-state index is -0.557. The lowest BCUT2D eigenvalue weighted by Crippen LogP contribution is -2.45. The fraction of sp³-hybridized carbons (Fsp3) is 0.267. The Morgan fingerprint density at radius 2 is 1.89 bits per heavy atom. The van der Waals surface area contributed by atoms with Gasteiger partial charge < -0.3 is 24.4 Å². The van der Waals surface area contributed by atoms with E-state index in [-0.39, 0.29) is 11.8 Å². The van der Waals surface area contributed by atoms with Crippen molar-refractivity contribution in [2.75, 3.05) is 30.5 Å². The summed E-state index contributed by atoms with van der Waals surface area (Å²) < 4.78 is 16.7. The Labute approximate surface area is 217 Å². The summed E-state index contributed by atoms with van der Waals surface area (Å²) in [7, 11) is 1.58. The summed E-state index contributed by atoms with van der Waals surface area (Å²) in [6, 6.07) is 21.0. The maximum atomic E-state index is 12.9. The van der Waals surface area contributed by atoms with Crippen LogP contribution < -0.4 is 24.4 Å². The normalized spacial score (nSPS) is 14.7. The monoisotopic (exact) mass is 500 g/mol. The van der Waals surface area contributed by atoms with Gasteiger partial charge in [0.15, 0.2) is 17.6 Å². The molecule has 1 aliphatic heterocycles. The van der Waals surface area contributed by atoms with E-state index >= 15 is 0 Å². The highest BCUT2D eigenvalue weighted by Gasteiger charge is 2.31. The van der Waals surface area contributed by atoms with Gasteiger partial charge in [-0.2, -0.15) is 0 Å². The molecule has 37 heavy (non-hydrogen) atoms. The topological polar surface area (TPSA) is 77.1 Å². The van der Waals surface area contributed by atoms with Gasteiger partial charge in [0.1, 0.15) is 5.75 Å². The third-order valence-electron chi connectivity index (χ3n) is 6.04. The van der Waals surface area contributed by atoms with Crippen LogP contribution in [0.2, 0.25) is 0 Å². The number of fused-ring (bicyclic) bond motifs is 1. The van der Waals surface area contributed by atoms with E-state index in [2.05, 4.69) is 17.4 Å². The molecule has 1 N–H and O–H groups in total. The number of carbonyl (C=O) groups excluding carboxylic acids is 2. The van der Waals surface area contributed by atoms with Crippen LogP contribution in [0.5, 0.6) is 17.2 Å². The molecule has 2 amide bonds. The number of nitrogens with zero attached hydrogens (tertiary/aromatic N) is 1. The predicted octanol–water partition coefficient (Wildman–Crippen LogP) is 5.49. The number of hydrogen-bond acceptors (Lipinski definition) is 5. The van der Waals surface area contributed by atoms with Crippen molar-refractivity contribution in [3.05, 3.63) is 83.9 Å². The van der Waals surface area contributed by atoms with Crippen LogP contribution in [0.25, 0.3) is 6.08 Å². The molecule has 0 spiro atoms. The first-order chi connectivity index (χ1) is 18.0. The van der Waals surface area contributed by atoms with Crippen LogP contribution >= 0.6 is 0 Å². The van der Waals surface area contributed by atoms with Crippen molar-refractivity contribution in [3.63, 3.8) is 0 Å². The first-order valence-electron chi connectivity index (χ1n) is 12.4. The number of anilines is 2. The SMILES string of the molecule is CCOc1ccc(/C=C/C(=O)Nc2ccc3c(c2)N(CCCc2ccccc2)C(=O)C(C)O3)cc1OC. The first-order valence-corrected chi connectivity index (χ1v) is 12.4. The van der Waals surface area contributed by atoms with Gasteiger partial charge in [0.05, 0.1) is 19.4 Å². The molecule has 7 nitrogen and oxygen atoms in total. The molecular formula is C30H32N2O5. The maximum Gasteiger partial charge on any atom is 0.267 e. The average molecular weight is 501 g/mol. The van der Waals surface area contributed by atoms with Crippen molar-refractivity contribution >= 4 is 29.3 Å². The third-order valence-corrected chi connectivity index (χ3v) is 6.04. The smallest absolute Gasteiger partial charge is 0.267 e. The van der Waals surface area contributed by atoms with E-state index in [1.807, 2.05) is 43.3 Å². The summed E-state index contributed by atoms with van der Waals surface area (Å²) >= 11 is 0. The quantitative estimate of drug-likeness (QED) is 0.373. The van der Waals surface area contributed by atoms with E-state index < -0.39 is 6.10 Å². The van der Waals surface area contributed by atoms with Crippen LogP contribution in [0.4, 0.5) is 11.4 Å². The standard InChI is InChI=1S/C30H32N2O5/c1-4-36-27-15-12-23(19-28(27)35-3)13-17-29(33)31-24-14-16-26-25(20-24)32(30(34)21(2)37-26)18-8-11-22-9-6-5-7-10-22/h5-7,9-10,12-17,19-21H,4,8,11,18H2,1-3H3,(H,31,33)/b17-13+. The number of nitrogens with one attached hydrogen (secondary N) is 1. The van der Waals surface area contributed by atoms with Gasteiger partial charge in [-0.1, -0.05) is 36.4 Å². The lowest BCUT2D eigenvalue weighted by Gasteiger charge is -2.33. The van der Waals surface area contributed by atoms with Crippen LogP contribution in [0.15, 0.2) is 72.8 Å². The highest BCUT2D eigenvalue weighted by molar-refractivity contribution is 6.04. The summed E-state index contributed by atoms with van der Waals surface area (Å²) in [5, 5.41) is 2.88. The molecule has 0 saturated carbocycles. The molecule has 192 valence electrons. The predicted molar refractivity (Wildman–Crippen MR) is 145 cm³/mol. The Hall–Kier alpha value is -4.26. The van der Waals surface area contributed by atoms with Gasteiger partial charge in [-0.25, -0.2) is 0 Å².